The van der Waals surface area contributed by atoms with E-state index in [1.165, 1.54) is 11.1 Å². The molecule has 3 aliphatic carbocycles. The fourth-order valence-corrected chi connectivity index (χ4v) is 7.76. The standard InChI is InChI=1S/C30H48O8/c1-15(2)18-10-11-30(6)12-20-17(13-34-7)8-9-19(20)16(3)23(31)27(22(18)30)37-28-25(33)24(32)26-21(36-28)14-35-29(4,5)38-26/h12,15-17,19,21,23-28,31-33H,8-11,13-14H2,1-7H3/b20-12-/t16-,17-,19+,21-,23-,24?,25?,26?,27-,28+,30-/m1/s1. The van der Waals surface area contributed by atoms with Crippen molar-refractivity contribution in [3.63, 3.8) is 0 Å². The summed E-state index contributed by atoms with van der Waals surface area (Å²) < 4.78 is 30.1. The molecule has 216 valence electrons. The predicted octanol–water partition coefficient (Wildman–Crippen LogP) is 3.33. The second-order valence-corrected chi connectivity index (χ2v) is 13.2. The first-order valence-electron chi connectivity index (χ1n) is 14.5. The van der Waals surface area contributed by atoms with Crippen molar-refractivity contribution in [2.24, 2.45) is 29.1 Å². The van der Waals surface area contributed by atoms with Crippen molar-refractivity contribution in [1.29, 1.82) is 0 Å². The number of rotatable bonds is 5. The van der Waals surface area contributed by atoms with Crippen molar-refractivity contribution in [3.8, 4) is 0 Å². The molecule has 0 aromatic carbocycles. The Bertz CT molecular complexity index is 941. The van der Waals surface area contributed by atoms with Crippen molar-refractivity contribution < 1.29 is 39.0 Å². The molecule has 2 saturated heterocycles. The lowest BCUT2D eigenvalue weighted by atomic mass is 9.68. The number of methoxy groups -OCH3 is 1. The molecular formula is C30H48O8. The van der Waals surface area contributed by atoms with E-state index in [1.54, 1.807) is 21.0 Å². The second kappa shape index (κ2) is 10.5. The monoisotopic (exact) mass is 536 g/mol. The number of fused-ring (bicyclic) bond motifs is 3. The fraction of sp³-hybridized carbons (Fsp3) is 0.867. The summed E-state index contributed by atoms with van der Waals surface area (Å²) in [5.41, 5.74) is 3.53. The Morgan fingerprint density at radius 2 is 1.82 bits per heavy atom. The van der Waals surface area contributed by atoms with Gasteiger partial charge >= 0.3 is 0 Å². The molecule has 3 unspecified atom stereocenters. The number of ether oxygens (including phenoxy) is 5. The Morgan fingerprint density at radius 1 is 1.08 bits per heavy atom. The highest BCUT2D eigenvalue weighted by atomic mass is 16.8. The van der Waals surface area contributed by atoms with Gasteiger partial charge in [-0.25, -0.2) is 0 Å². The van der Waals surface area contributed by atoms with Crippen LogP contribution in [0.3, 0.4) is 0 Å². The minimum Gasteiger partial charge on any atom is -0.390 e. The van der Waals surface area contributed by atoms with Crippen molar-refractivity contribution in [1.82, 2.24) is 0 Å². The number of hydrogen-bond donors (Lipinski definition) is 3. The number of aliphatic hydroxyl groups excluding tert-OH is 3. The molecule has 38 heavy (non-hydrogen) atoms. The number of aliphatic hydroxyl groups is 3. The summed E-state index contributed by atoms with van der Waals surface area (Å²) >= 11 is 0. The van der Waals surface area contributed by atoms with E-state index in [-0.39, 0.29) is 23.9 Å². The quantitative estimate of drug-likeness (QED) is 0.460. The predicted molar refractivity (Wildman–Crippen MR) is 141 cm³/mol. The Balaban J connectivity index is 1.51. The van der Waals surface area contributed by atoms with Crippen LogP contribution < -0.4 is 0 Å². The van der Waals surface area contributed by atoms with Gasteiger partial charge in [-0.1, -0.05) is 44.9 Å². The van der Waals surface area contributed by atoms with Gasteiger partial charge in [-0.15, -0.1) is 0 Å². The molecule has 0 amide bonds. The molecule has 5 rings (SSSR count). The molecule has 0 bridgehead atoms. The van der Waals surface area contributed by atoms with Crippen molar-refractivity contribution >= 4 is 0 Å². The molecule has 0 aromatic rings. The van der Waals surface area contributed by atoms with Crippen molar-refractivity contribution in [3.05, 3.63) is 22.8 Å². The van der Waals surface area contributed by atoms with Crippen LogP contribution in [0, 0.1) is 29.1 Å². The second-order valence-electron chi connectivity index (χ2n) is 13.2. The van der Waals surface area contributed by atoms with Crippen molar-refractivity contribution in [2.75, 3.05) is 20.3 Å². The number of allylic oxidation sites excluding steroid dienone is 2. The van der Waals surface area contributed by atoms with E-state index in [4.69, 9.17) is 23.7 Å². The third kappa shape index (κ3) is 4.94. The molecular weight excluding hydrogens is 488 g/mol. The molecule has 3 N–H and O–H groups in total. The molecule has 2 heterocycles. The molecule has 1 saturated carbocycles. The van der Waals surface area contributed by atoms with E-state index in [0.717, 1.165) is 31.3 Å². The van der Waals surface area contributed by atoms with Gasteiger partial charge in [-0.3, -0.25) is 0 Å². The summed E-state index contributed by atoms with van der Waals surface area (Å²) in [6.07, 6.45) is -0.00587. The minimum atomic E-state index is -1.32. The minimum absolute atomic E-state index is 0.0558. The first kappa shape index (κ1) is 28.7. The van der Waals surface area contributed by atoms with Crippen LogP contribution in [0.1, 0.15) is 67.2 Å². The highest BCUT2D eigenvalue weighted by Crippen LogP contribution is 2.55. The van der Waals surface area contributed by atoms with Gasteiger partial charge in [0, 0.05) is 18.4 Å². The molecule has 8 heteroatoms. The molecule has 0 spiro atoms. The summed E-state index contributed by atoms with van der Waals surface area (Å²) in [5, 5.41) is 34.1. The molecule has 11 atom stereocenters. The van der Waals surface area contributed by atoms with E-state index < -0.39 is 48.7 Å². The summed E-state index contributed by atoms with van der Waals surface area (Å²) in [4.78, 5) is 0. The van der Waals surface area contributed by atoms with Gasteiger partial charge in [0.1, 0.15) is 30.5 Å². The van der Waals surface area contributed by atoms with Crippen LogP contribution in [-0.2, 0) is 23.7 Å². The molecule has 3 fully saturated rings. The van der Waals surface area contributed by atoms with E-state index in [1.807, 2.05) is 0 Å². The number of hydrogen-bond acceptors (Lipinski definition) is 8. The van der Waals surface area contributed by atoms with Crippen LogP contribution in [0.5, 0.6) is 0 Å². The maximum absolute atomic E-state index is 12.0. The molecule has 2 aliphatic heterocycles. The Labute approximate surface area is 227 Å². The third-order valence-corrected chi connectivity index (χ3v) is 9.86. The summed E-state index contributed by atoms with van der Waals surface area (Å²) in [6, 6.07) is 0. The lowest BCUT2D eigenvalue weighted by Gasteiger charge is -2.50. The van der Waals surface area contributed by atoms with Crippen LogP contribution in [-0.4, -0.2) is 84.3 Å². The Kier molecular flexibility index (Phi) is 7.95. The van der Waals surface area contributed by atoms with Gasteiger partial charge in [-0.2, -0.15) is 0 Å². The van der Waals surface area contributed by atoms with Crippen LogP contribution in [0.15, 0.2) is 22.8 Å². The SMILES string of the molecule is COC[C@H]1CC[C@@H]2/C1=C\[C@@]1(C)CCC(C(C)C)=C1[C@@H](O[C@@H]1O[C@@H]3COC(C)(C)OC3C(O)C1O)[C@H](O)[C@@H]2C. The zero-order chi connectivity index (χ0) is 27.6. The molecule has 5 aliphatic rings. The molecule has 0 radical (unpaired) electrons. The average molecular weight is 537 g/mol. The topological polar surface area (TPSA) is 107 Å². The van der Waals surface area contributed by atoms with Gasteiger partial charge in [0.2, 0.25) is 0 Å². The third-order valence-electron chi connectivity index (χ3n) is 9.86. The van der Waals surface area contributed by atoms with Crippen LogP contribution in [0.2, 0.25) is 0 Å². The first-order chi connectivity index (χ1) is 17.9. The van der Waals surface area contributed by atoms with E-state index in [9.17, 15) is 15.3 Å². The molecule has 8 nitrogen and oxygen atoms in total. The highest BCUT2D eigenvalue weighted by Gasteiger charge is 2.54. The summed E-state index contributed by atoms with van der Waals surface area (Å²) in [7, 11) is 1.76. The maximum Gasteiger partial charge on any atom is 0.187 e. The van der Waals surface area contributed by atoms with E-state index in [2.05, 4.69) is 33.8 Å². The molecule has 0 aromatic heterocycles. The van der Waals surface area contributed by atoms with Gasteiger partial charge in [0.15, 0.2) is 12.1 Å². The van der Waals surface area contributed by atoms with E-state index in [0.29, 0.717) is 18.4 Å². The lowest BCUT2D eigenvalue weighted by molar-refractivity contribution is -0.387. The summed E-state index contributed by atoms with van der Waals surface area (Å²) in [5.74, 6) is -0.0306. The van der Waals surface area contributed by atoms with Crippen molar-refractivity contribution in [2.45, 2.75) is 116 Å². The maximum atomic E-state index is 12.0. The van der Waals surface area contributed by atoms with Crippen LogP contribution in [0.4, 0.5) is 0 Å². The van der Waals surface area contributed by atoms with Crippen LogP contribution in [0.25, 0.3) is 0 Å². The largest absolute Gasteiger partial charge is 0.390 e. The normalized spacial score (nSPS) is 48.1. The van der Waals surface area contributed by atoms with Gasteiger partial charge in [-0.05, 0) is 62.9 Å². The Morgan fingerprint density at radius 3 is 2.50 bits per heavy atom. The highest BCUT2D eigenvalue weighted by molar-refractivity contribution is 5.41. The summed E-state index contributed by atoms with van der Waals surface area (Å²) in [6.45, 7) is 13.2. The van der Waals surface area contributed by atoms with Crippen LogP contribution >= 0.6 is 0 Å². The Hall–Kier alpha value is -0.840. The lowest BCUT2D eigenvalue weighted by Crippen LogP contribution is -2.65. The first-order valence-corrected chi connectivity index (χ1v) is 14.5. The zero-order valence-electron chi connectivity index (χ0n) is 24.1. The fourth-order valence-electron chi connectivity index (χ4n) is 7.76. The van der Waals surface area contributed by atoms with Gasteiger partial charge in [0.25, 0.3) is 0 Å². The zero-order valence-corrected chi connectivity index (χ0v) is 24.1. The van der Waals surface area contributed by atoms with Gasteiger partial charge in [0.05, 0.1) is 19.3 Å². The smallest absolute Gasteiger partial charge is 0.187 e. The van der Waals surface area contributed by atoms with Gasteiger partial charge < -0.3 is 39.0 Å². The average Bonchev–Trinajstić information content (AvgIpc) is 3.40. The van der Waals surface area contributed by atoms with E-state index >= 15 is 0 Å².